The Balaban J connectivity index is 2.80. The van der Waals surface area contributed by atoms with Crippen molar-refractivity contribution in [2.24, 2.45) is 11.7 Å². The highest BCUT2D eigenvalue weighted by Gasteiger charge is 2.17. The van der Waals surface area contributed by atoms with Crippen LogP contribution in [0.2, 0.25) is 5.02 Å². The Bertz CT molecular complexity index is 435. The van der Waals surface area contributed by atoms with Gasteiger partial charge in [0.1, 0.15) is 5.75 Å². The molecule has 1 unspecified atom stereocenters. The van der Waals surface area contributed by atoms with Gasteiger partial charge in [-0.3, -0.25) is 4.79 Å². The Hall–Kier alpha value is -1.26. The first-order valence-electron chi connectivity index (χ1n) is 6.42. The highest BCUT2D eigenvalue weighted by molar-refractivity contribution is 6.31. The second kappa shape index (κ2) is 7.36. The van der Waals surface area contributed by atoms with Gasteiger partial charge in [0.2, 0.25) is 5.91 Å². The minimum absolute atomic E-state index is 0.225. The van der Waals surface area contributed by atoms with Crippen LogP contribution in [-0.2, 0) is 4.79 Å². The molecule has 3 N–H and O–H groups in total. The third-order valence-electron chi connectivity index (χ3n) is 2.56. The molecular formula is C14H21ClN2O2. The summed E-state index contributed by atoms with van der Waals surface area (Å²) in [5.74, 6) is 0.736. The van der Waals surface area contributed by atoms with Gasteiger partial charge >= 0.3 is 0 Å². The van der Waals surface area contributed by atoms with Crippen molar-refractivity contribution in [1.82, 2.24) is 0 Å². The molecule has 0 spiro atoms. The molecule has 0 aliphatic rings. The topological polar surface area (TPSA) is 64.3 Å². The van der Waals surface area contributed by atoms with E-state index >= 15 is 0 Å². The van der Waals surface area contributed by atoms with E-state index in [0.717, 1.165) is 0 Å². The number of halogens is 1. The summed E-state index contributed by atoms with van der Waals surface area (Å²) in [5.41, 5.74) is 6.40. The maximum atomic E-state index is 12.0. The first-order chi connectivity index (χ1) is 8.93. The van der Waals surface area contributed by atoms with Gasteiger partial charge in [-0.1, -0.05) is 25.4 Å². The fraction of sp³-hybridized carbons (Fsp3) is 0.500. The number of carbonyl (C=O) groups excluding carboxylic acids is 1. The van der Waals surface area contributed by atoms with Crippen molar-refractivity contribution < 1.29 is 9.53 Å². The number of nitrogens with two attached hydrogens (primary N) is 1. The van der Waals surface area contributed by atoms with Gasteiger partial charge in [-0.15, -0.1) is 0 Å². The first kappa shape index (κ1) is 15.8. The van der Waals surface area contributed by atoms with Crippen LogP contribution in [0.3, 0.4) is 0 Å². The van der Waals surface area contributed by atoms with E-state index in [4.69, 9.17) is 22.1 Å². The van der Waals surface area contributed by atoms with E-state index in [0.29, 0.717) is 35.4 Å². The summed E-state index contributed by atoms with van der Waals surface area (Å²) in [7, 11) is 0. The molecule has 19 heavy (non-hydrogen) atoms. The van der Waals surface area contributed by atoms with Gasteiger partial charge in [0.05, 0.1) is 18.3 Å². The highest BCUT2D eigenvalue weighted by Crippen LogP contribution is 2.28. The van der Waals surface area contributed by atoms with Crippen molar-refractivity contribution in [3.8, 4) is 5.75 Å². The summed E-state index contributed by atoms with van der Waals surface area (Å²) in [6.45, 7) is 6.45. The van der Waals surface area contributed by atoms with Crippen LogP contribution in [0.5, 0.6) is 5.75 Å². The number of benzene rings is 1. The van der Waals surface area contributed by atoms with Gasteiger partial charge in [0, 0.05) is 5.02 Å². The quantitative estimate of drug-likeness (QED) is 0.844. The molecule has 0 radical (unpaired) electrons. The lowest BCUT2D eigenvalue weighted by Gasteiger charge is -2.16. The van der Waals surface area contributed by atoms with Crippen molar-refractivity contribution in [3.05, 3.63) is 23.2 Å². The second-order valence-electron chi connectivity index (χ2n) is 4.80. The Labute approximate surface area is 119 Å². The normalized spacial score (nSPS) is 12.3. The molecule has 0 saturated heterocycles. The maximum absolute atomic E-state index is 12.0. The molecule has 0 saturated carbocycles. The van der Waals surface area contributed by atoms with Gasteiger partial charge in [-0.2, -0.15) is 0 Å². The lowest BCUT2D eigenvalue weighted by molar-refractivity contribution is -0.117. The Morgan fingerprint density at radius 3 is 2.74 bits per heavy atom. The molecule has 4 nitrogen and oxygen atoms in total. The average molecular weight is 285 g/mol. The summed E-state index contributed by atoms with van der Waals surface area (Å²) < 4.78 is 5.44. The first-order valence-corrected chi connectivity index (χ1v) is 6.80. The number of carbonyl (C=O) groups is 1. The number of hydrogen-bond acceptors (Lipinski definition) is 3. The van der Waals surface area contributed by atoms with Crippen LogP contribution in [0.15, 0.2) is 18.2 Å². The zero-order chi connectivity index (χ0) is 14.4. The van der Waals surface area contributed by atoms with Crippen molar-refractivity contribution in [2.75, 3.05) is 11.9 Å². The molecular weight excluding hydrogens is 264 g/mol. The number of ether oxygens (including phenoxy) is 1. The van der Waals surface area contributed by atoms with Crippen LogP contribution in [0.25, 0.3) is 0 Å². The van der Waals surface area contributed by atoms with Gasteiger partial charge in [-0.25, -0.2) is 0 Å². The summed E-state index contributed by atoms with van der Waals surface area (Å²) in [6, 6.07) is 4.58. The molecule has 0 heterocycles. The molecule has 1 aromatic carbocycles. The van der Waals surface area contributed by atoms with Crippen LogP contribution in [0.1, 0.15) is 27.2 Å². The van der Waals surface area contributed by atoms with Crippen LogP contribution < -0.4 is 15.8 Å². The minimum atomic E-state index is -0.534. The van der Waals surface area contributed by atoms with Gasteiger partial charge in [-0.05, 0) is 37.5 Å². The van der Waals surface area contributed by atoms with E-state index in [2.05, 4.69) is 5.32 Å². The lowest BCUT2D eigenvalue weighted by atomic mass is 10.0. The van der Waals surface area contributed by atoms with E-state index in [-0.39, 0.29) is 5.91 Å². The zero-order valence-electron chi connectivity index (χ0n) is 11.6. The molecule has 1 atom stereocenters. The summed E-state index contributed by atoms with van der Waals surface area (Å²) >= 11 is 5.93. The van der Waals surface area contributed by atoms with Gasteiger partial charge < -0.3 is 15.8 Å². The third-order valence-corrected chi connectivity index (χ3v) is 2.80. The molecule has 1 amide bonds. The minimum Gasteiger partial charge on any atom is -0.492 e. The highest BCUT2D eigenvalue weighted by atomic mass is 35.5. The van der Waals surface area contributed by atoms with Crippen LogP contribution in [0.4, 0.5) is 5.69 Å². The van der Waals surface area contributed by atoms with E-state index in [1.165, 1.54) is 0 Å². The molecule has 5 heteroatoms. The molecule has 0 bridgehead atoms. The number of anilines is 1. The second-order valence-corrected chi connectivity index (χ2v) is 5.24. The summed E-state index contributed by atoms with van der Waals surface area (Å²) in [6.07, 6.45) is 0.635. The standard InChI is InChI=1S/C14H21ClN2O2/c1-4-19-13-6-5-10(15)8-12(13)17-14(18)11(16)7-9(2)3/h5-6,8-9,11H,4,7,16H2,1-3H3,(H,17,18). The monoisotopic (exact) mass is 284 g/mol. The van der Waals surface area contributed by atoms with Gasteiger partial charge in [0.25, 0.3) is 0 Å². The molecule has 1 aromatic rings. The largest absolute Gasteiger partial charge is 0.492 e. The summed E-state index contributed by atoms with van der Waals surface area (Å²) in [4.78, 5) is 12.0. The Morgan fingerprint density at radius 1 is 1.47 bits per heavy atom. The molecule has 0 aliphatic carbocycles. The lowest BCUT2D eigenvalue weighted by Crippen LogP contribution is -2.36. The van der Waals surface area contributed by atoms with Crippen molar-refractivity contribution in [3.63, 3.8) is 0 Å². The predicted molar refractivity (Wildman–Crippen MR) is 78.7 cm³/mol. The molecule has 0 aliphatic heterocycles. The summed E-state index contributed by atoms with van der Waals surface area (Å²) in [5, 5.41) is 3.31. The number of rotatable bonds is 6. The van der Waals surface area contributed by atoms with Crippen molar-refractivity contribution >= 4 is 23.2 Å². The Kier molecular flexibility index (Phi) is 6.12. The number of amides is 1. The van der Waals surface area contributed by atoms with E-state index in [1.54, 1.807) is 18.2 Å². The van der Waals surface area contributed by atoms with Crippen LogP contribution in [0, 0.1) is 5.92 Å². The van der Waals surface area contributed by atoms with Gasteiger partial charge in [0.15, 0.2) is 0 Å². The van der Waals surface area contributed by atoms with E-state index < -0.39 is 6.04 Å². The molecule has 0 fully saturated rings. The van der Waals surface area contributed by atoms with Crippen molar-refractivity contribution in [1.29, 1.82) is 0 Å². The SMILES string of the molecule is CCOc1ccc(Cl)cc1NC(=O)C(N)CC(C)C. The average Bonchev–Trinajstić information content (AvgIpc) is 2.32. The predicted octanol–water partition coefficient (Wildman–Crippen LogP) is 3.05. The zero-order valence-corrected chi connectivity index (χ0v) is 12.3. The fourth-order valence-electron chi connectivity index (χ4n) is 1.72. The Morgan fingerprint density at radius 2 is 2.16 bits per heavy atom. The van der Waals surface area contributed by atoms with Crippen molar-refractivity contribution in [2.45, 2.75) is 33.2 Å². The number of nitrogens with one attached hydrogen (secondary N) is 1. The smallest absolute Gasteiger partial charge is 0.241 e. The molecule has 106 valence electrons. The fourth-order valence-corrected chi connectivity index (χ4v) is 1.89. The molecule has 1 rings (SSSR count). The van der Waals surface area contributed by atoms with E-state index in [1.807, 2.05) is 20.8 Å². The third kappa shape index (κ3) is 5.09. The molecule has 0 aromatic heterocycles. The van der Waals surface area contributed by atoms with Crippen LogP contribution >= 0.6 is 11.6 Å². The van der Waals surface area contributed by atoms with Crippen LogP contribution in [-0.4, -0.2) is 18.6 Å². The number of hydrogen-bond donors (Lipinski definition) is 2. The van der Waals surface area contributed by atoms with E-state index in [9.17, 15) is 4.79 Å². The maximum Gasteiger partial charge on any atom is 0.241 e.